The van der Waals surface area contributed by atoms with E-state index >= 15 is 0 Å². The number of hydrogen-bond donors (Lipinski definition) is 0. The largest absolute Gasteiger partial charge is 0.252 e. The molecule has 0 unspecified atom stereocenters. The van der Waals surface area contributed by atoms with Gasteiger partial charge in [0, 0.05) is 0 Å². The highest BCUT2D eigenvalue weighted by atomic mass is 32.2. The zero-order valence-electron chi connectivity index (χ0n) is 10.3. The fraction of sp³-hybridized carbons (Fsp3) is 0.167. The molecule has 0 N–H and O–H groups in total. The summed E-state index contributed by atoms with van der Waals surface area (Å²) in [5.41, 5.74) is 0.402. The van der Waals surface area contributed by atoms with Crippen molar-refractivity contribution >= 4 is 9.84 Å². The van der Waals surface area contributed by atoms with Gasteiger partial charge in [0.05, 0.1) is 28.8 Å². The van der Waals surface area contributed by atoms with E-state index < -0.39 is 9.84 Å². The molecule has 1 heterocycles. The van der Waals surface area contributed by atoms with E-state index in [-0.39, 0.29) is 23.0 Å². The molecule has 2 rings (SSSR count). The number of aromatic nitrogens is 3. The minimum Gasteiger partial charge on any atom is -0.251 e. The Kier molecular flexibility index (Phi) is 3.78. The van der Waals surface area contributed by atoms with Crippen molar-refractivity contribution in [2.45, 2.75) is 11.4 Å². The van der Waals surface area contributed by atoms with Crippen LogP contribution in [0.25, 0.3) is 0 Å². The predicted octanol–water partition coefficient (Wildman–Crippen LogP) is 0.495. The highest BCUT2D eigenvalue weighted by Crippen LogP contribution is 2.12. The van der Waals surface area contributed by atoms with Crippen LogP contribution < -0.4 is 0 Å². The Hall–Kier alpha value is -2.71. The van der Waals surface area contributed by atoms with Crippen molar-refractivity contribution in [3.8, 4) is 12.1 Å². The Labute approximate surface area is 115 Å². The lowest BCUT2D eigenvalue weighted by atomic mass is 10.2. The smallest absolute Gasteiger partial charge is 0.251 e. The quantitative estimate of drug-likeness (QED) is 0.809. The normalized spacial score (nSPS) is 10.7. The zero-order chi connectivity index (χ0) is 14.6. The minimum atomic E-state index is -3.46. The van der Waals surface area contributed by atoms with Crippen LogP contribution >= 0.6 is 0 Å². The van der Waals surface area contributed by atoms with E-state index in [0.717, 1.165) is 0 Å². The molecule has 20 heavy (non-hydrogen) atoms. The summed E-state index contributed by atoms with van der Waals surface area (Å²) in [4.78, 5) is 3.84. The highest BCUT2D eigenvalue weighted by Gasteiger charge is 2.14. The summed E-state index contributed by atoms with van der Waals surface area (Å²) in [5, 5.41) is 21.0. The molecule has 7 nitrogen and oxygen atoms in total. The summed E-state index contributed by atoms with van der Waals surface area (Å²) < 4.78 is 25.4. The number of nitrogens with zero attached hydrogens (tertiary/aromatic N) is 5. The lowest BCUT2D eigenvalue weighted by Gasteiger charge is -2.04. The summed E-state index contributed by atoms with van der Waals surface area (Å²) in [6.45, 7) is 0.108. The molecule has 0 saturated carbocycles. The molecule has 1 aromatic carbocycles. The Balaban J connectivity index is 2.11. The van der Waals surface area contributed by atoms with Crippen LogP contribution in [0.2, 0.25) is 0 Å². The lowest BCUT2D eigenvalue weighted by molar-refractivity contribution is 0.580. The fourth-order valence-corrected chi connectivity index (χ4v) is 2.74. The molecule has 1 aromatic heterocycles. The van der Waals surface area contributed by atoms with Gasteiger partial charge in [0.15, 0.2) is 9.84 Å². The third kappa shape index (κ3) is 2.99. The monoisotopic (exact) mass is 287 g/mol. The number of hydrogen-bond acceptors (Lipinski definition) is 6. The van der Waals surface area contributed by atoms with Crippen LogP contribution in [0.15, 0.2) is 35.5 Å². The first-order valence-corrected chi connectivity index (χ1v) is 7.23. The molecule has 0 atom stereocenters. The number of benzene rings is 1. The Morgan fingerprint density at radius 1 is 1.15 bits per heavy atom. The maximum atomic E-state index is 12.1. The van der Waals surface area contributed by atoms with Gasteiger partial charge in [-0.1, -0.05) is 0 Å². The van der Waals surface area contributed by atoms with Crippen molar-refractivity contribution in [1.29, 1.82) is 10.5 Å². The van der Waals surface area contributed by atoms with Gasteiger partial charge in [0.25, 0.3) is 5.82 Å². The molecule has 0 saturated heterocycles. The number of rotatable bonds is 4. The summed E-state index contributed by atoms with van der Waals surface area (Å²) >= 11 is 0. The molecule has 0 aliphatic heterocycles. The summed E-state index contributed by atoms with van der Waals surface area (Å²) in [6, 6.07) is 9.40. The summed E-state index contributed by atoms with van der Waals surface area (Å²) in [7, 11) is -3.46. The Morgan fingerprint density at radius 3 is 2.40 bits per heavy atom. The molecule has 0 amide bonds. The van der Waals surface area contributed by atoms with E-state index in [1.165, 1.54) is 35.3 Å². The van der Waals surface area contributed by atoms with E-state index in [4.69, 9.17) is 10.5 Å². The molecular weight excluding hydrogens is 278 g/mol. The van der Waals surface area contributed by atoms with E-state index in [1.807, 2.05) is 6.07 Å². The van der Waals surface area contributed by atoms with Crippen LogP contribution in [-0.4, -0.2) is 28.9 Å². The van der Waals surface area contributed by atoms with Crippen LogP contribution in [0.1, 0.15) is 11.4 Å². The molecule has 0 spiro atoms. The average molecular weight is 287 g/mol. The third-order valence-electron chi connectivity index (χ3n) is 2.57. The molecule has 100 valence electrons. The Bertz CT molecular complexity index is 794. The van der Waals surface area contributed by atoms with Gasteiger partial charge < -0.3 is 0 Å². The fourth-order valence-electron chi connectivity index (χ4n) is 1.52. The van der Waals surface area contributed by atoms with Crippen molar-refractivity contribution in [3.05, 3.63) is 42.0 Å². The molecule has 0 bridgehead atoms. The second-order valence-electron chi connectivity index (χ2n) is 3.90. The minimum absolute atomic E-state index is 0.000714. The second kappa shape index (κ2) is 5.51. The van der Waals surface area contributed by atoms with Gasteiger partial charge in [-0.25, -0.2) is 13.4 Å². The van der Waals surface area contributed by atoms with Gasteiger partial charge in [0.2, 0.25) is 0 Å². The van der Waals surface area contributed by atoms with Crippen molar-refractivity contribution in [1.82, 2.24) is 14.8 Å². The number of nitriles is 2. The van der Waals surface area contributed by atoms with Crippen molar-refractivity contribution in [3.63, 3.8) is 0 Å². The van der Waals surface area contributed by atoms with Crippen molar-refractivity contribution in [2.75, 3.05) is 5.75 Å². The van der Waals surface area contributed by atoms with Gasteiger partial charge in [-0.15, -0.1) is 5.10 Å². The van der Waals surface area contributed by atoms with Crippen LogP contribution in [0.3, 0.4) is 0 Å². The number of aryl methyl sites for hydroxylation is 1. The highest BCUT2D eigenvalue weighted by molar-refractivity contribution is 7.91. The molecule has 0 radical (unpaired) electrons. The third-order valence-corrected chi connectivity index (χ3v) is 4.28. The molecular formula is C12H9N5O2S. The first-order chi connectivity index (χ1) is 9.55. The maximum absolute atomic E-state index is 12.1. The van der Waals surface area contributed by atoms with Crippen molar-refractivity contribution < 1.29 is 8.42 Å². The SMILES string of the molecule is N#Cc1ccc(S(=O)(=O)CCn2cnc(C#N)n2)cc1. The van der Waals surface area contributed by atoms with Crippen LogP contribution in [-0.2, 0) is 16.4 Å². The van der Waals surface area contributed by atoms with Gasteiger partial charge in [-0.2, -0.15) is 10.5 Å². The van der Waals surface area contributed by atoms with E-state index in [9.17, 15) is 8.42 Å². The number of sulfone groups is 1. The van der Waals surface area contributed by atoms with E-state index in [1.54, 1.807) is 6.07 Å². The van der Waals surface area contributed by atoms with E-state index in [0.29, 0.717) is 5.56 Å². The average Bonchev–Trinajstić information content (AvgIpc) is 2.93. The predicted molar refractivity (Wildman–Crippen MR) is 67.9 cm³/mol. The van der Waals surface area contributed by atoms with Gasteiger partial charge >= 0.3 is 0 Å². The van der Waals surface area contributed by atoms with Gasteiger partial charge in [-0.05, 0) is 24.3 Å². The standard InChI is InChI=1S/C12H9N5O2S/c13-7-10-1-3-11(4-2-10)20(18,19)6-5-17-9-15-12(8-14)16-17/h1-4,9H,5-6H2. The summed E-state index contributed by atoms with van der Waals surface area (Å²) in [5.74, 6) is -0.159. The first kappa shape index (κ1) is 13.7. The second-order valence-corrected chi connectivity index (χ2v) is 6.01. The van der Waals surface area contributed by atoms with Crippen LogP contribution in [0, 0.1) is 22.7 Å². The zero-order valence-corrected chi connectivity index (χ0v) is 11.1. The van der Waals surface area contributed by atoms with Gasteiger partial charge in [0.1, 0.15) is 12.4 Å². The molecule has 0 fully saturated rings. The molecule has 0 aliphatic rings. The lowest BCUT2D eigenvalue weighted by Crippen LogP contribution is -2.13. The molecule has 8 heteroatoms. The first-order valence-electron chi connectivity index (χ1n) is 5.57. The topological polar surface area (TPSA) is 112 Å². The molecule has 2 aromatic rings. The Morgan fingerprint density at radius 2 is 1.85 bits per heavy atom. The van der Waals surface area contributed by atoms with Crippen molar-refractivity contribution in [2.24, 2.45) is 0 Å². The summed E-state index contributed by atoms with van der Waals surface area (Å²) in [6.07, 6.45) is 1.31. The van der Waals surface area contributed by atoms with Gasteiger partial charge in [-0.3, -0.25) is 4.68 Å². The maximum Gasteiger partial charge on any atom is 0.252 e. The van der Waals surface area contributed by atoms with E-state index in [2.05, 4.69) is 10.1 Å². The van der Waals surface area contributed by atoms with Crippen LogP contribution in [0.5, 0.6) is 0 Å². The van der Waals surface area contributed by atoms with Crippen LogP contribution in [0.4, 0.5) is 0 Å². The molecule has 0 aliphatic carbocycles.